The van der Waals surface area contributed by atoms with Gasteiger partial charge in [-0.1, -0.05) is 40.0 Å². The van der Waals surface area contributed by atoms with Crippen LogP contribution >= 0.6 is 21.8 Å². The van der Waals surface area contributed by atoms with Gasteiger partial charge in [0, 0.05) is 0 Å². The van der Waals surface area contributed by atoms with E-state index >= 15 is 0 Å². The fraction of sp³-hybridized carbons (Fsp3) is 0. The minimum atomic E-state index is -0.314. The largest absolute Gasteiger partial charge is 0.540 e. The van der Waals surface area contributed by atoms with Crippen LogP contribution in [0.1, 0.15) is 0 Å². The smallest absolute Gasteiger partial charge is 0.285 e. The second kappa shape index (κ2) is 3.89. The van der Waals surface area contributed by atoms with E-state index in [4.69, 9.17) is 4.43 Å². The van der Waals surface area contributed by atoms with E-state index in [1.165, 1.54) is 0 Å². The van der Waals surface area contributed by atoms with Crippen molar-refractivity contribution in [3.8, 4) is 5.75 Å². The van der Waals surface area contributed by atoms with Gasteiger partial charge in [-0.05, 0) is 12.1 Å². The molecule has 0 atom stereocenters. The maximum absolute atomic E-state index is 5.33. The average molecular weight is 250 g/mol. The van der Waals surface area contributed by atoms with Gasteiger partial charge in [0.1, 0.15) is 5.75 Å². The van der Waals surface area contributed by atoms with Crippen LogP contribution in [0.4, 0.5) is 0 Å². The highest BCUT2D eigenvalue weighted by atomic mass is 127. The van der Waals surface area contributed by atoms with Gasteiger partial charge in [0.05, 0.1) is 0 Å². The summed E-state index contributed by atoms with van der Waals surface area (Å²) < 4.78 is 5.33. The van der Waals surface area contributed by atoms with Gasteiger partial charge in [0.2, 0.25) is 0 Å². The van der Waals surface area contributed by atoms with Crippen molar-refractivity contribution < 1.29 is 4.43 Å². The normalized spacial score (nSPS) is 10.3. The van der Waals surface area contributed by atoms with Gasteiger partial charge in [0.25, 0.3) is 7.26 Å². The molecule has 0 saturated heterocycles. The molecule has 48 valence electrons. The SMILES string of the molecule is I[SiH2]Oc1ccccc1. The van der Waals surface area contributed by atoms with Crippen molar-refractivity contribution in [2.75, 3.05) is 0 Å². The molecule has 0 radical (unpaired) electrons. The molecule has 0 fully saturated rings. The second-order valence-electron chi connectivity index (χ2n) is 1.57. The summed E-state index contributed by atoms with van der Waals surface area (Å²) in [7, 11) is -0.314. The Kier molecular flexibility index (Phi) is 3.06. The number of hydrogen-bond donors (Lipinski definition) is 0. The molecule has 0 bridgehead atoms. The van der Waals surface area contributed by atoms with Crippen LogP contribution in [0.5, 0.6) is 5.75 Å². The Hall–Kier alpha value is -0.0331. The molecule has 0 heterocycles. The molecule has 0 aliphatic carbocycles. The first-order chi connectivity index (χ1) is 4.43. The summed E-state index contributed by atoms with van der Waals surface area (Å²) in [6.45, 7) is 0. The lowest BCUT2D eigenvalue weighted by Gasteiger charge is -1.98. The van der Waals surface area contributed by atoms with E-state index in [-0.39, 0.29) is 7.26 Å². The van der Waals surface area contributed by atoms with Crippen molar-refractivity contribution in [2.24, 2.45) is 0 Å². The van der Waals surface area contributed by atoms with Crippen LogP contribution in [-0.2, 0) is 0 Å². The molecule has 1 aromatic rings. The lowest BCUT2D eigenvalue weighted by atomic mass is 10.3. The summed E-state index contributed by atoms with van der Waals surface area (Å²) in [6, 6.07) is 9.91. The first-order valence-corrected chi connectivity index (χ1v) is 8.36. The van der Waals surface area contributed by atoms with Crippen molar-refractivity contribution in [1.82, 2.24) is 0 Å². The molecule has 3 heteroatoms. The standard InChI is InChI=1S/C6H7IOSi/c7-9-8-6-4-2-1-3-5-6/h1-5H,9H2. The van der Waals surface area contributed by atoms with Crippen LogP contribution in [0, 0.1) is 0 Å². The Morgan fingerprint density at radius 2 is 1.89 bits per heavy atom. The number of hydrogen-bond acceptors (Lipinski definition) is 1. The third kappa shape index (κ3) is 2.36. The number of rotatable bonds is 2. The van der Waals surface area contributed by atoms with Gasteiger partial charge in [-0.3, -0.25) is 0 Å². The molecule has 0 aromatic heterocycles. The molecule has 1 nitrogen and oxygen atoms in total. The highest BCUT2D eigenvalue weighted by Crippen LogP contribution is 2.07. The summed E-state index contributed by atoms with van der Waals surface area (Å²) in [5, 5.41) is 0. The molecule has 0 saturated carbocycles. The highest BCUT2D eigenvalue weighted by Gasteiger charge is 1.84. The molecular weight excluding hydrogens is 243 g/mol. The average Bonchev–Trinajstić information content (AvgIpc) is 1.91. The molecule has 0 amide bonds. The molecular formula is C6H7IOSi. The van der Waals surface area contributed by atoms with E-state index in [1.807, 2.05) is 30.3 Å². The van der Waals surface area contributed by atoms with Gasteiger partial charge in [-0.25, -0.2) is 0 Å². The van der Waals surface area contributed by atoms with Gasteiger partial charge in [-0.15, -0.1) is 0 Å². The number of para-hydroxylation sites is 1. The van der Waals surface area contributed by atoms with Gasteiger partial charge < -0.3 is 4.43 Å². The summed E-state index contributed by atoms with van der Waals surface area (Å²) in [4.78, 5) is 0. The molecule has 9 heavy (non-hydrogen) atoms. The van der Waals surface area contributed by atoms with Crippen LogP contribution in [0.3, 0.4) is 0 Å². The Morgan fingerprint density at radius 1 is 1.22 bits per heavy atom. The monoisotopic (exact) mass is 250 g/mol. The zero-order valence-corrected chi connectivity index (χ0v) is 8.45. The van der Waals surface area contributed by atoms with Crippen LogP contribution < -0.4 is 4.43 Å². The third-order valence-corrected chi connectivity index (χ3v) is 2.34. The van der Waals surface area contributed by atoms with E-state index in [9.17, 15) is 0 Å². The van der Waals surface area contributed by atoms with Crippen molar-refractivity contribution in [1.29, 1.82) is 0 Å². The quantitative estimate of drug-likeness (QED) is 0.439. The lowest BCUT2D eigenvalue weighted by molar-refractivity contribution is 0.614. The minimum absolute atomic E-state index is 0.314. The zero-order chi connectivity index (χ0) is 6.53. The van der Waals surface area contributed by atoms with Crippen molar-refractivity contribution in [3.05, 3.63) is 30.3 Å². The van der Waals surface area contributed by atoms with Crippen LogP contribution in [0.15, 0.2) is 30.3 Å². The summed E-state index contributed by atoms with van der Waals surface area (Å²) in [5.74, 6) is 0.999. The van der Waals surface area contributed by atoms with Gasteiger partial charge >= 0.3 is 0 Å². The lowest BCUT2D eigenvalue weighted by Crippen LogP contribution is -1.90. The van der Waals surface area contributed by atoms with Crippen LogP contribution in [0.25, 0.3) is 0 Å². The van der Waals surface area contributed by atoms with E-state index in [0.717, 1.165) is 5.75 Å². The van der Waals surface area contributed by atoms with E-state index in [0.29, 0.717) is 0 Å². The predicted molar refractivity (Wildman–Crippen MR) is 49.6 cm³/mol. The highest BCUT2D eigenvalue weighted by molar-refractivity contribution is 14.1. The topological polar surface area (TPSA) is 9.23 Å². The molecule has 0 unspecified atom stereocenters. The van der Waals surface area contributed by atoms with Gasteiger partial charge in [0.15, 0.2) is 0 Å². The maximum atomic E-state index is 5.33. The van der Waals surface area contributed by atoms with E-state index < -0.39 is 0 Å². The Labute approximate surface area is 69.6 Å². The molecule has 1 aromatic carbocycles. The molecule has 0 aliphatic rings. The molecule has 0 spiro atoms. The molecule has 0 aliphatic heterocycles. The zero-order valence-electron chi connectivity index (χ0n) is 4.88. The van der Waals surface area contributed by atoms with Crippen LogP contribution in [0.2, 0.25) is 0 Å². The van der Waals surface area contributed by atoms with E-state index in [1.54, 1.807) is 0 Å². The Balaban J connectivity index is 2.61. The van der Waals surface area contributed by atoms with Crippen molar-refractivity contribution in [3.63, 3.8) is 0 Å². The third-order valence-electron chi connectivity index (χ3n) is 0.964. The number of benzene rings is 1. The van der Waals surface area contributed by atoms with Crippen LogP contribution in [-0.4, -0.2) is 7.26 Å². The van der Waals surface area contributed by atoms with Gasteiger partial charge in [-0.2, -0.15) is 0 Å². The fourth-order valence-electron chi connectivity index (χ4n) is 0.580. The van der Waals surface area contributed by atoms with Crippen molar-refractivity contribution in [2.45, 2.75) is 0 Å². The second-order valence-corrected chi connectivity index (χ2v) is 3.94. The summed E-state index contributed by atoms with van der Waals surface area (Å²) in [6.07, 6.45) is 0. The fourth-order valence-corrected chi connectivity index (χ4v) is 1.98. The number of halogens is 1. The Bertz CT molecular complexity index is 166. The maximum Gasteiger partial charge on any atom is 0.285 e. The summed E-state index contributed by atoms with van der Waals surface area (Å²) >= 11 is 2.31. The summed E-state index contributed by atoms with van der Waals surface area (Å²) in [5.41, 5.74) is 0. The molecule has 1 rings (SSSR count). The predicted octanol–water partition coefficient (Wildman–Crippen LogP) is 1.50. The Morgan fingerprint density at radius 3 is 2.44 bits per heavy atom. The van der Waals surface area contributed by atoms with E-state index in [2.05, 4.69) is 21.8 Å². The first-order valence-electron chi connectivity index (χ1n) is 2.67. The first kappa shape index (κ1) is 7.08. The molecule has 0 N–H and O–H groups in total. The van der Waals surface area contributed by atoms with Crippen molar-refractivity contribution >= 4 is 29.1 Å². The minimum Gasteiger partial charge on any atom is -0.540 e.